The molecule has 10 nitrogen and oxygen atoms in total. The van der Waals surface area contributed by atoms with Crippen molar-refractivity contribution in [1.82, 2.24) is 9.88 Å². The van der Waals surface area contributed by atoms with Gasteiger partial charge in [0.25, 0.3) is 0 Å². The molecule has 2 aromatic carbocycles. The minimum Gasteiger partial charge on any atom is -0.497 e. The van der Waals surface area contributed by atoms with Crippen LogP contribution in [0.3, 0.4) is 0 Å². The Morgan fingerprint density at radius 3 is 2.55 bits per heavy atom. The molecule has 4 aliphatic rings. The number of benzene rings is 2. The smallest absolute Gasteiger partial charge is 0.306 e. The fourth-order valence-corrected chi connectivity index (χ4v) is 11.6. The second-order valence-electron chi connectivity index (χ2n) is 16.1. The summed E-state index contributed by atoms with van der Waals surface area (Å²) in [6.07, 6.45) is 12.4. The number of carbonyl (C=O) groups excluding carboxylic acids is 3. The van der Waals surface area contributed by atoms with Gasteiger partial charge in [0, 0.05) is 48.0 Å². The van der Waals surface area contributed by atoms with E-state index in [1.807, 2.05) is 67.6 Å². The number of nitrogens with zero attached hydrogens (tertiary/aromatic N) is 2. The monoisotopic (exact) mass is 770 g/mol. The summed E-state index contributed by atoms with van der Waals surface area (Å²) in [5.74, 6) is -0.418. The fraction of sp³-hybridized carbons (Fsp3) is 0.545. The highest BCUT2D eigenvalue weighted by molar-refractivity contribution is 7.60. The van der Waals surface area contributed by atoms with Crippen LogP contribution in [0.15, 0.2) is 66.7 Å². The van der Waals surface area contributed by atoms with Crippen LogP contribution in [0.5, 0.6) is 11.5 Å². The summed E-state index contributed by atoms with van der Waals surface area (Å²) in [5.41, 5.74) is 2.30. The Morgan fingerprint density at radius 2 is 1.78 bits per heavy atom. The maximum atomic E-state index is 14.7. The number of rotatable bonds is 10. The number of Topliss-reactive ketones (excluding diaryl/α,β-unsaturated/α-hetero) is 1. The van der Waals surface area contributed by atoms with Crippen LogP contribution >= 0.6 is 7.37 Å². The van der Waals surface area contributed by atoms with E-state index in [2.05, 4.69) is 6.08 Å². The first-order valence-corrected chi connectivity index (χ1v) is 22.2. The Kier molecular flexibility index (Phi) is 12.1. The van der Waals surface area contributed by atoms with E-state index in [1.54, 1.807) is 12.0 Å². The number of aromatic nitrogens is 1. The van der Waals surface area contributed by atoms with Crippen molar-refractivity contribution in [2.45, 2.75) is 120 Å². The minimum atomic E-state index is -3.70. The zero-order valence-electron chi connectivity index (χ0n) is 32.2. The molecule has 1 N–H and O–H groups in total. The van der Waals surface area contributed by atoms with E-state index in [9.17, 15) is 23.8 Å². The second kappa shape index (κ2) is 17.0. The lowest BCUT2D eigenvalue weighted by atomic mass is 9.94. The molecule has 2 aliphatic heterocycles. The largest absolute Gasteiger partial charge is 0.497 e. The molecular weight excluding hydrogens is 715 g/mol. The normalized spacial score (nSPS) is 28.0. The molecular formula is C44H55N2O8P. The highest BCUT2D eigenvalue weighted by atomic mass is 31.2. The molecule has 1 saturated heterocycles. The number of pyridine rings is 1. The van der Waals surface area contributed by atoms with Gasteiger partial charge in [-0.1, -0.05) is 62.2 Å². The first-order valence-electron chi connectivity index (χ1n) is 20.3. The van der Waals surface area contributed by atoms with E-state index in [-0.39, 0.29) is 61.7 Å². The number of hydrogen-bond donors (Lipinski definition) is 1. The van der Waals surface area contributed by atoms with Gasteiger partial charge >= 0.3 is 5.97 Å². The van der Waals surface area contributed by atoms with E-state index >= 15 is 0 Å². The lowest BCUT2D eigenvalue weighted by molar-refractivity contribution is -0.154. The number of ketones is 1. The van der Waals surface area contributed by atoms with Crippen LogP contribution in [0.2, 0.25) is 0 Å². The number of ether oxygens (including phenoxy) is 3. The molecule has 2 aliphatic carbocycles. The predicted octanol–water partition coefficient (Wildman–Crippen LogP) is 8.67. The number of hydrogen-bond acceptors (Lipinski definition) is 8. The maximum Gasteiger partial charge on any atom is 0.306 e. The third kappa shape index (κ3) is 8.71. The highest BCUT2D eigenvalue weighted by Crippen LogP contribution is 2.73. The summed E-state index contributed by atoms with van der Waals surface area (Å²) in [4.78, 5) is 60.7. The summed E-state index contributed by atoms with van der Waals surface area (Å²) in [7, 11) is -2.09. The lowest BCUT2D eigenvalue weighted by Gasteiger charge is -2.30. The predicted molar refractivity (Wildman–Crippen MR) is 212 cm³/mol. The Labute approximate surface area is 324 Å². The summed E-state index contributed by atoms with van der Waals surface area (Å²) in [5, 5.41) is -0.262. The zero-order chi connectivity index (χ0) is 38.6. The number of amides is 1. The molecule has 0 radical (unpaired) electrons. The molecule has 0 spiro atoms. The number of esters is 1. The van der Waals surface area contributed by atoms with Gasteiger partial charge in [0.15, 0.2) is 5.78 Å². The molecule has 55 heavy (non-hydrogen) atoms. The summed E-state index contributed by atoms with van der Waals surface area (Å²) >= 11 is 0. The highest BCUT2D eigenvalue weighted by Gasteiger charge is 2.65. The third-order valence-electron chi connectivity index (χ3n) is 12.2. The maximum absolute atomic E-state index is 14.7. The minimum absolute atomic E-state index is 0.0379. The van der Waals surface area contributed by atoms with Gasteiger partial charge in [-0.2, -0.15) is 0 Å². The molecule has 0 bridgehead atoms. The van der Waals surface area contributed by atoms with Crippen molar-refractivity contribution in [3.05, 3.63) is 66.7 Å². The molecule has 7 rings (SSSR count). The van der Waals surface area contributed by atoms with Crippen molar-refractivity contribution in [1.29, 1.82) is 0 Å². The Balaban J connectivity index is 1.22. The summed E-state index contributed by atoms with van der Waals surface area (Å²) in [6, 6.07) is 16.5. The first-order chi connectivity index (χ1) is 26.6. The molecule has 3 aromatic rings. The first kappa shape index (κ1) is 39.2. The van der Waals surface area contributed by atoms with Crippen molar-refractivity contribution in [2.75, 3.05) is 19.8 Å². The average molecular weight is 771 g/mol. The fourth-order valence-electron chi connectivity index (χ4n) is 9.09. The van der Waals surface area contributed by atoms with Crippen LogP contribution < -0.4 is 9.47 Å². The molecule has 294 valence electrons. The van der Waals surface area contributed by atoms with Crippen molar-refractivity contribution < 1.29 is 38.1 Å². The molecule has 2 unspecified atom stereocenters. The van der Waals surface area contributed by atoms with Crippen LogP contribution in [-0.4, -0.2) is 75.7 Å². The van der Waals surface area contributed by atoms with Crippen molar-refractivity contribution in [3.63, 3.8) is 0 Å². The van der Waals surface area contributed by atoms with E-state index in [4.69, 9.17) is 19.2 Å². The number of methoxy groups -OCH3 is 1. The van der Waals surface area contributed by atoms with Gasteiger partial charge in [0.1, 0.15) is 23.7 Å². The van der Waals surface area contributed by atoms with Crippen LogP contribution in [0.25, 0.3) is 22.2 Å². The van der Waals surface area contributed by atoms with Gasteiger partial charge < -0.3 is 24.0 Å². The third-order valence-corrected chi connectivity index (χ3v) is 15.3. The molecule has 3 heterocycles. The zero-order valence-corrected chi connectivity index (χ0v) is 33.1. The van der Waals surface area contributed by atoms with Gasteiger partial charge in [0.2, 0.25) is 13.3 Å². The molecule has 1 amide bonds. The quantitative estimate of drug-likeness (QED) is 0.122. The molecule has 6 atom stereocenters. The van der Waals surface area contributed by atoms with Crippen LogP contribution in [0.1, 0.15) is 96.8 Å². The van der Waals surface area contributed by atoms with Crippen LogP contribution in [0.4, 0.5) is 0 Å². The van der Waals surface area contributed by atoms with Gasteiger partial charge in [-0.15, -0.1) is 0 Å². The topological polar surface area (TPSA) is 132 Å². The van der Waals surface area contributed by atoms with E-state index in [0.717, 1.165) is 62.3 Å². The molecule has 3 fully saturated rings. The van der Waals surface area contributed by atoms with E-state index < -0.39 is 30.6 Å². The van der Waals surface area contributed by atoms with Crippen LogP contribution in [0, 0.1) is 11.8 Å². The lowest BCUT2D eigenvalue weighted by Crippen LogP contribution is -2.45. The van der Waals surface area contributed by atoms with Gasteiger partial charge in [-0.25, -0.2) is 4.98 Å². The van der Waals surface area contributed by atoms with Crippen molar-refractivity contribution >= 4 is 35.9 Å². The SMILES string of the molecule is CCCP(=O)(O)[C@]12CC(=O)[C@@H]3C[C@@H](Oc4cc(-c5ccccc5)nc5cc(OC)ccc45)CN3C(=O)C(CC(=O)OC3CCCC3)CCCCC/C=C\[C@@H]1C2. The number of allylic oxidation sites excluding steroid dienone is 2. The van der Waals surface area contributed by atoms with Gasteiger partial charge in [-0.3, -0.25) is 18.9 Å². The van der Waals surface area contributed by atoms with Gasteiger partial charge in [0.05, 0.1) is 42.5 Å². The Morgan fingerprint density at radius 1 is 1.00 bits per heavy atom. The number of fused-ring (bicyclic) bond motifs is 3. The molecule has 1 aromatic heterocycles. The van der Waals surface area contributed by atoms with E-state index in [1.165, 1.54) is 0 Å². The molecule has 2 saturated carbocycles. The Bertz CT molecular complexity index is 1940. The van der Waals surface area contributed by atoms with Crippen LogP contribution in [-0.2, 0) is 23.7 Å². The standard InChI is InChI=1S/C44H55N2O8P/c1-3-22-55(50,51)44-27-32(44)17-11-6-4-5-8-16-31(23-42(48)54-33-18-12-13-19-33)43(49)46-29-35(25-39(46)40(47)28-44)53-41-26-37(30-14-9-7-10-15-30)45-38-24-34(52-2)20-21-36(38)41/h7,9-11,14-15,17,20-21,24,26,31-33,35,39H,3-6,8,12-13,16,18-19,22-23,25,27-29H2,1-2H3,(H,50,51)/b17-11-/t31?,32-,35-,39+,44-/m1/s1. The summed E-state index contributed by atoms with van der Waals surface area (Å²) < 4.78 is 32.1. The summed E-state index contributed by atoms with van der Waals surface area (Å²) in [6.45, 7) is 2.03. The molecule has 11 heteroatoms. The van der Waals surface area contributed by atoms with Gasteiger partial charge in [-0.05, 0) is 75.8 Å². The second-order valence-corrected chi connectivity index (χ2v) is 18.8. The number of carbonyl (C=O) groups is 3. The van der Waals surface area contributed by atoms with Crippen molar-refractivity contribution in [2.24, 2.45) is 11.8 Å². The Hall–Kier alpha value is -4.01. The van der Waals surface area contributed by atoms with E-state index in [0.29, 0.717) is 42.0 Å². The van der Waals surface area contributed by atoms with Crippen molar-refractivity contribution in [3.8, 4) is 22.8 Å². The average Bonchev–Trinajstić information content (AvgIpc) is 3.45.